The van der Waals surface area contributed by atoms with Gasteiger partial charge in [-0.3, -0.25) is 0 Å². The normalized spacial score (nSPS) is 20.6. The van der Waals surface area contributed by atoms with Gasteiger partial charge in [0.15, 0.2) is 5.75 Å². The minimum absolute atomic E-state index is 0.0445. The van der Waals surface area contributed by atoms with Crippen LogP contribution >= 0.6 is 11.6 Å². The van der Waals surface area contributed by atoms with Crippen LogP contribution in [-0.2, 0) is 0 Å². The van der Waals surface area contributed by atoms with E-state index in [-0.39, 0.29) is 24.2 Å². The summed E-state index contributed by atoms with van der Waals surface area (Å²) in [5.74, 6) is 0.628. The second kappa shape index (κ2) is 7.88. The van der Waals surface area contributed by atoms with Gasteiger partial charge in [0.1, 0.15) is 0 Å². The summed E-state index contributed by atoms with van der Waals surface area (Å²) in [5.41, 5.74) is 0.551. The van der Waals surface area contributed by atoms with Gasteiger partial charge in [0, 0.05) is 19.5 Å². The van der Waals surface area contributed by atoms with E-state index in [1.807, 2.05) is 13.8 Å². The number of ether oxygens (including phenoxy) is 1. The molecule has 1 aliphatic rings. The van der Waals surface area contributed by atoms with Crippen molar-refractivity contribution < 1.29 is 14.6 Å². The van der Waals surface area contributed by atoms with Crippen LogP contribution in [0.3, 0.4) is 0 Å². The molecule has 0 heterocycles. The number of nitrogens with zero attached hydrogens (tertiary/aromatic N) is 1. The van der Waals surface area contributed by atoms with E-state index < -0.39 is 0 Å². The average Bonchev–Trinajstić information content (AvgIpc) is 2.87. The van der Waals surface area contributed by atoms with E-state index in [1.54, 1.807) is 30.1 Å². The van der Waals surface area contributed by atoms with Crippen LogP contribution in [-0.4, -0.2) is 41.8 Å². The third-order valence-electron chi connectivity index (χ3n) is 4.04. The van der Waals surface area contributed by atoms with Gasteiger partial charge >= 0.3 is 6.03 Å². The number of urea groups is 1. The third-order valence-corrected chi connectivity index (χ3v) is 4.33. The minimum atomic E-state index is -0.309. The molecule has 2 amide bonds. The van der Waals surface area contributed by atoms with Gasteiger partial charge in [-0.1, -0.05) is 24.1 Å². The van der Waals surface area contributed by atoms with E-state index >= 15 is 0 Å². The van der Waals surface area contributed by atoms with Crippen molar-refractivity contribution in [3.05, 3.63) is 23.2 Å². The van der Waals surface area contributed by atoms with Crippen molar-refractivity contribution in [2.45, 2.75) is 45.3 Å². The molecule has 2 rings (SSSR count). The Morgan fingerprint density at radius 3 is 2.83 bits per heavy atom. The maximum absolute atomic E-state index is 12.4. The molecule has 0 saturated heterocycles. The highest BCUT2D eigenvalue weighted by atomic mass is 35.5. The largest absolute Gasteiger partial charge is 0.487 e. The van der Waals surface area contributed by atoms with Crippen molar-refractivity contribution in [3.8, 4) is 5.75 Å². The SMILES string of the molecule is CC(C)Oc1c(Cl)cccc1NC(=O)N(C)CC1CCCC1O. The molecule has 23 heavy (non-hydrogen) atoms. The number of hydrogen-bond acceptors (Lipinski definition) is 3. The van der Waals surface area contributed by atoms with Crippen LogP contribution in [0.25, 0.3) is 0 Å². The van der Waals surface area contributed by atoms with Gasteiger partial charge in [-0.05, 0) is 38.8 Å². The highest BCUT2D eigenvalue weighted by molar-refractivity contribution is 6.32. The number of aliphatic hydroxyl groups excluding tert-OH is 1. The van der Waals surface area contributed by atoms with Gasteiger partial charge in [0.2, 0.25) is 0 Å². The Kier molecular flexibility index (Phi) is 6.13. The first-order chi connectivity index (χ1) is 10.9. The number of nitrogens with one attached hydrogen (secondary N) is 1. The van der Waals surface area contributed by atoms with Crippen molar-refractivity contribution in [2.75, 3.05) is 18.9 Å². The lowest BCUT2D eigenvalue weighted by Crippen LogP contribution is -2.37. The number of rotatable bonds is 5. The zero-order valence-electron chi connectivity index (χ0n) is 13.9. The summed E-state index contributed by atoms with van der Waals surface area (Å²) in [6.07, 6.45) is 2.44. The monoisotopic (exact) mass is 340 g/mol. The summed E-state index contributed by atoms with van der Waals surface area (Å²) < 4.78 is 5.70. The van der Waals surface area contributed by atoms with E-state index in [4.69, 9.17) is 16.3 Å². The van der Waals surface area contributed by atoms with Gasteiger partial charge in [-0.25, -0.2) is 4.79 Å². The lowest BCUT2D eigenvalue weighted by Gasteiger charge is -2.24. The Morgan fingerprint density at radius 1 is 1.48 bits per heavy atom. The Labute approximate surface area is 142 Å². The molecule has 2 unspecified atom stereocenters. The van der Waals surface area contributed by atoms with Crippen LogP contribution in [0.2, 0.25) is 5.02 Å². The average molecular weight is 341 g/mol. The Bertz CT molecular complexity index is 551. The third kappa shape index (κ3) is 4.75. The van der Waals surface area contributed by atoms with Crippen LogP contribution in [0.4, 0.5) is 10.5 Å². The number of halogens is 1. The fraction of sp³-hybridized carbons (Fsp3) is 0.588. The molecule has 0 aliphatic heterocycles. The van der Waals surface area contributed by atoms with E-state index in [1.165, 1.54) is 0 Å². The molecule has 2 atom stereocenters. The van der Waals surface area contributed by atoms with Gasteiger partial charge in [-0.2, -0.15) is 0 Å². The first kappa shape index (κ1) is 17.9. The molecule has 128 valence electrons. The van der Waals surface area contributed by atoms with Crippen LogP contribution < -0.4 is 10.1 Å². The molecule has 2 N–H and O–H groups in total. The molecule has 6 heteroatoms. The lowest BCUT2D eigenvalue weighted by atomic mass is 10.1. The summed E-state index contributed by atoms with van der Waals surface area (Å²) in [6, 6.07) is 5.03. The summed E-state index contributed by atoms with van der Waals surface area (Å²) in [6.45, 7) is 4.35. The fourth-order valence-electron chi connectivity index (χ4n) is 2.84. The molecular weight excluding hydrogens is 316 g/mol. The van der Waals surface area contributed by atoms with Crippen LogP contribution in [0, 0.1) is 5.92 Å². The van der Waals surface area contributed by atoms with E-state index in [9.17, 15) is 9.90 Å². The molecule has 0 aromatic heterocycles. The predicted octanol–water partition coefficient (Wildman–Crippen LogP) is 3.75. The number of hydrogen-bond donors (Lipinski definition) is 2. The van der Waals surface area contributed by atoms with Crippen molar-refractivity contribution in [2.24, 2.45) is 5.92 Å². The van der Waals surface area contributed by atoms with Crippen molar-refractivity contribution in [1.82, 2.24) is 4.90 Å². The van der Waals surface area contributed by atoms with Gasteiger partial charge < -0.3 is 20.1 Å². The number of para-hydroxylation sites is 1. The fourth-order valence-corrected chi connectivity index (χ4v) is 3.06. The predicted molar refractivity (Wildman–Crippen MR) is 92.2 cm³/mol. The molecule has 1 fully saturated rings. The number of anilines is 1. The molecular formula is C17H25ClN2O3. The smallest absolute Gasteiger partial charge is 0.321 e. The van der Waals surface area contributed by atoms with Gasteiger partial charge in [0.25, 0.3) is 0 Å². The Balaban J connectivity index is 2.03. The van der Waals surface area contributed by atoms with Crippen molar-refractivity contribution >= 4 is 23.3 Å². The van der Waals surface area contributed by atoms with E-state index in [0.717, 1.165) is 19.3 Å². The second-order valence-electron chi connectivity index (χ2n) is 6.35. The first-order valence-corrected chi connectivity index (χ1v) is 8.41. The molecule has 0 radical (unpaired) electrons. The molecule has 0 spiro atoms. The minimum Gasteiger partial charge on any atom is -0.487 e. The van der Waals surface area contributed by atoms with Crippen LogP contribution in [0.5, 0.6) is 5.75 Å². The lowest BCUT2D eigenvalue weighted by molar-refractivity contribution is 0.116. The van der Waals surface area contributed by atoms with Crippen LogP contribution in [0.1, 0.15) is 33.1 Å². The summed E-state index contributed by atoms with van der Waals surface area (Å²) in [7, 11) is 1.73. The summed E-state index contributed by atoms with van der Waals surface area (Å²) in [4.78, 5) is 14.0. The maximum atomic E-state index is 12.4. The first-order valence-electron chi connectivity index (χ1n) is 8.03. The zero-order valence-corrected chi connectivity index (χ0v) is 14.6. The highest BCUT2D eigenvalue weighted by Crippen LogP contribution is 2.34. The van der Waals surface area contributed by atoms with E-state index in [2.05, 4.69) is 5.32 Å². The molecule has 1 aliphatic carbocycles. The number of carbonyl (C=O) groups is 1. The number of aliphatic hydroxyl groups is 1. The Hall–Kier alpha value is -1.46. The molecule has 5 nitrogen and oxygen atoms in total. The number of amides is 2. The molecule has 0 bridgehead atoms. The zero-order chi connectivity index (χ0) is 17.0. The molecule has 1 aromatic rings. The Morgan fingerprint density at radius 2 is 2.22 bits per heavy atom. The van der Waals surface area contributed by atoms with Crippen molar-refractivity contribution in [1.29, 1.82) is 0 Å². The van der Waals surface area contributed by atoms with Gasteiger partial charge in [-0.15, -0.1) is 0 Å². The van der Waals surface area contributed by atoms with Crippen LogP contribution in [0.15, 0.2) is 18.2 Å². The topological polar surface area (TPSA) is 61.8 Å². The standard InChI is InChI=1S/C17H25ClN2O3/c1-11(2)23-16-13(18)7-5-8-14(16)19-17(22)20(3)10-12-6-4-9-15(12)21/h5,7-8,11-12,15,21H,4,6,9-10H2,1-3H3,(H,19,22). The van der Waals surface area contributed by atoms with Gasteiger partial charge in [0.05, 0.1) is 22.9 Å². The summed E-state index contributed by atoms with van der Waals surface area (Å²) >= 11 is 6.17. The second-order valence-corrected chi connectivity index (χ2v) is 6.76. The van der Waals surface area contributed by atoms with Crippen molar-refractivity contribution in [3.63, 3.8) is 0 Å². The number of carbonyl (C=O) groups excluding carboxylic acids is 1. The quantitative estimate of drug-likeness (QED) is 0.858. The number of benzene rings is 1. The highest BCUT2D eigenvalue weighted by Gasteiger charge is 2.27. The molecule has 1 saturated carbocycles. The summed E-state index contributed by atoms with van der Waals surface area (Å²) in [5, 5.41) is 13.2. The van der Waals surface area contributed by atoms with E-state index in [0.29, 0.717) is 23.0 Å². The maximum Gasteiger partial charge on any atom is 0.321 e. The molecule has 1 aromatic carbocycles.